The first-order valence-electron chi connectivity index (χ1n) is 6.29. The van der Waals surface area contributed by atoms with E-state index in [0.717, 1.165) is 25.7 Å². The van der Waals surface area contributed by atoms with Crippen LogP contribution >= 0.6 is 0 Å². The van der Waals surface area contributed by atoms with E-state index in [1.165, 1.54) is 16.6 Å². The Morgan fingerprint density at radius 3 is 2.83 bits per heavy atom. The number of hydroxylamine groups is 1. The molecule has 1 heterocycles. The number of carbonyl (C=O) groups excluding carboxylic acids is 1. The van der Waals surface area contributed by atoms with Crippen molar-refractivity contribution >= 4 is 16.8 Å². The molecule has 0 spiro atoms. The second-order valence-corrected chi connectivity index (χ2v) is 4.48. The fraction of sp³-hybridized carbons (Fsp3) is 0.357. The van der Waals surface area contributed by atoms with Gasteiger partial charge in [-0.1, -0.05) is 24.6 Å². The summed E-state index contributed by atoms with van der Waals surface area (Å²) in [7, 11) is 0. The van der Waals surface area contributed by atoms with Crippen molar-refractivity contribution in [3.63, 3.8) is 0 Å². The highest BCUT2D eigenvalue weighted by atomic mass is 16.5. The Morgan fingerprint density at radius 2 is 2.06 bits per heavy atom. The molecule has 0 aliphatic heterocycles. The number of hydrogen-bond acceptors (Lipinski definition) is 2. The number of aryl methyl sites for hydroxylation is 1. The molecule has 1 aromatic heterocycles. The van der Waals surface area contributed by atoms with Crippen molar-refractivity contribution in [2.24, 2.45) is 0 Å². The summed E-state index contributed by atoms with van der Waals surface area (Å²) in [6, 6.07) is 10.4. The molecule has 0 bridgehead atoms. The van der Waals surface area contributed by atoms with Crippen LogP contribution in [0.15, 0.2) is 30.3 Å². The van der Waals surface area contributed by atoms with Crippen LogP contribution in [-0.4, -0.2) is 16.1 Å². The lowest BCUT2D eigenvalue weighted by atomic mass is 10.1. The summed E-state index contributed by atoms with van der Waals surface area (Å²) < 4.78 is 0. The molecule has 18 heavy (non-hydrogen) atoms. The first-order chi connectivity index (χ1) is 8.79. The Morgan fingerprint density at radius 1 is 1.22 bits per heavy atom. The maximum Gasteiger partial charge on any atom is 0.243 e. The van der Waals surface area contributed by atoms with Crippen LogP contribution in [0.1, 0.15) is 31.4 Å². The van der Waals surface area contributed by atoms with Crippen molar-refractivity contribution in [3.8, 4) is 0 Å². The van der Waals surface area contributed by atoms with E-state index in [1.807, 2.05) is 12.1 Å². The van der Waals surface area contributed by atoms with Crippen LogP contribution in [0.25, 0.3) is 10.9 Å². The number of hydrogen-bond donors (Lipinski definition) is 3. The van der Waals surface area contributed by atoms with Gasteiger partial charge in [0, 0.05) is 17.6 Å². The number of nitrogens with one attached hydrogen (secondary N) is 2. The van der Waals surface area contributed by atoms with Crippen LogP contribution in [0.4, 0.5) is 0 Å². The molecule has 0 radical (unpaired) electrons. The molecule has 3 N–H and O–H groups in total. The Bertz CT molecular complexity index is 486. The van der Waals surface area contributed by atoms with Crippen LogP contribution in [0.2, 0.25) is 0 Å². The Hall–Kier alpha value is -1.81. The van der Waals surface area contributed by atoms with Gasteiger partial charge in [0.15, 0.2) is 0 Å². The quantitative estimate of drug-likeness (QED) is 0.417. The summed E-state index contributed by atoms with van der Waals surface area (Å²) in [6.45, 7) is 0. The molecular weight excluding hydrogens is 228 g/mol. The lowest BCUT2D eigenvalue weighted by Gasteiger charge is -1.99. The number of fused-ring (bicyclic) bond motifs is 1. The monoisotopic (exact) mass is 246 g/mol. The van der Waals surface area contributed by atoms with E-state index < -0.39 is 0 Å². The van der Waals surface area contributed by atoms with Crippen LogP contribution in [0, 0.1) is 0 Å². The van der Waals surface area contributed by atoms with Gasteiger partial charge in [0.25, 0.3) is 0 Å². The fourth-order valence-electron chi connectivity index (χ4n) is 2.10. The first-order valence-corrected chi connectivity index (χ1v) is 6.29. The van der Waals surface area contributed by atoms with E-state index in [-0.39, 0.29) is 5.91 Å². The van der Waals surface area contributed by atoms with Gasteiger partial charge in [0.1, 0.15) is 0 Å². The highest BCUT2D eigenvalue weighted by molar-refractivity contribution is 5.80. The van der Waals surface area contributed by atoms with E-state index in [4.69, 9.17) is 5.21 Å². The number of rotatable bonds is 6. The van der Waals surface area contributed by atoms with Gasteiger partial charge in [-0.2, -0.15) is 0 Å². The second kappa shape index (κ2) is 6.21. The molecule has 2 aromatic rings. The molecule has 2 rings (SSSR count). The Balaban J connectivity index is 1.75. The second-order valence-electron chi connectivity index (χ2n) is 4.48. The van der Waals surface area contributed by atoms with Crippen molar-refractivity contribution in [3.05, 3.63) is 36.0 Å². The summed E-state index contributed by atoms with van der Waals surface area (Å²) in [6.07, 6.45) is 4.24. The minimum Gasteiger partial charge on any atom is -0.358 e. The molecule has 0 aliphatic rings. The number of H-pyrrole nitrogens is 1. The van der Waals surface area contributed by atoms with Gasteiger partial charge in [-0.15, -0.1) is 0 Å². The number of para-hydroxylation sites is 1. The highest BCUT2D eigenvalue weighted by Gasteiger charge is 2.01. The molecule has 1 amide bonds. The van der Waals surface area contributed by atoms with E-state index in [2.05, 4.69) is 23.2 Å². The SMILES string of the molecule is O=C(CCCCCc1cc2ccccc2[nH]1)NO. The van der Waals surface area contributed by atoms with Crippen molar-refractivity contribution in [1.29, 1.82) is 0 Å². The molecule has 4 heteroatoms. The van der Waals surface area contributed by atoms with Crippen LogP contribution in [-0.2, 0) is 11.2 Å². The van der Waals surface area contributed by atoms with Crippen LogP contribution in [0.3, 0.4) is 0 Å². The third kappa shape index (κ3) is 3.34. The minimum atomic E-state index is -0.305. The van der Waals surface area contributed by atoms with E-state index in [1.54, 1.807) is 5.48 Å². The standard InChI is InChI=1S/C14H18N2O2/c17-14(16-18)9-3-1-2-7-12-10-11-6-4-5-8-13(11)15-12/h4-6,8,10,15,18H,1-3,7,9H2,(H,16,17). The predicted octanol–water partition coefficient (Wildman–Crippen LogP) is 2.78. The van der Waals surface area contributed by atoms with Gasteiger partial charge in [-0.3, -0.25) is 10.0 Å². The van der Waals surface area contributed by atoms with E-state index in [0.29, 0.717) is 6.42 Å². The molecule has 4 nitrogen and oxygen atoms in total. The summed E-state index contributed by atoms with van der Waals surface area (Å²) in [5.41, 5.74) is 4.06. The van der Waals surface area contributed by atoms with Crippen LogP contribution in [0.5, 0.6) is 0 Å². The zero-order valence-corrected chi connectivity index (χ0v) is 10.3. The van der Waals surface area contributed by atoms with E-state index in [9.17, 15) is 4.79 Å². The molecule has 0 fully saturated rings. The zero-order chi connectivity index (χ0) is 12.8. The van der Waals surface area contributed by atoms with Gasteiger partial charge in [0.05, 0.1) is 0 Å². The molecule has 0 atom stereocenters. The molecule has 0 saturated heterocycles. The lowest BCUT2D eigenvalue weighted by Crippen LogP contribution is -2.17. The predicted molar refractivity (Wildman–Crippen MR) is 70.4 cm³/mol. The molecule has 0 unspecified atom stereocenters. The van der Waals surface area contributed by atoms with Gasteiger partial charge >= 0.3 is 0 Å². The minimum absolute atomic E-state index is 0.305. The fourth-order valence-corrected chi connectivity index (χ4v) is 2.10. The smallest absolute Gasteiger partial charge is 0.243 e. The summed E-state index contributed by atoms with van der Waals surface area (Å²) in [5, 5.41) is 9.59. The summed E-state index contributed by atoms with van der Waals surface area (Å²) in [5.74, 6) is -0.305. The van der Waals surface area contributed by atoms with Crippen molar-refractivity contribution in [2.75, 3.05) is 0 Å². The average molecular weight is 246 g/mol. The average Bonchev–Trinajstić information content (AvgIpc) is 2.80. The van der Waals surface area contributed by atoms with Crippen molar-refractivity contribution in [2.45, 2.75) is 32.1 Å². The first kappa shape index (κ1) is 12.6. The van der Waals surface area contributed by atoms with Gasteiger partial charge in [0.2, 0.25) is 5.91 Å². The highest BCUT2D eigenvalue weighted by Crippen LogP contribution is 2.16. The van der Waals surface area contributed by atoms with Crippen molar-refractivity contribution in [1.82, 2.24) is 10.5 Å². The number of amides is 1. The van der Waals surface area contributed by atoms with E-state index >= 15 is 0 Å². The largest absolute Gasteiger partial charge is 0.358 e. The molecule has 0 aliphatic carbocycles. The van der Waals surface area contributed by atoms with Crippen molar-refractivity contribution < 1.29 is 10.0 Å². The lowest BCUT2D eigenvalue weighted by molar-refractivity contribution is -0.129. The van der Waals surface area contributed by atoms with Crippen LogP contribution < -0.4 is 5.48 Å². The Kier molecular flexibility index (Phi) is 4.36. The maximum absolute atomic E-state index is 10.8. The summed E-state index contributed by atoms with van der Waals surface area (Å²) in [4.78, 5) is 14.2. The van der Waals surface area contributed by atoms with Gasteiger partial charge < -0.3 is 4.98 Å². The number of carbonyl (C=O) groups is 1. The number of benzene rings is 1. The third-order valence-electron chi connectivity index (χ3n) is 3.06. The Labute approximate surface area is 106 Å². The third-order valence-corrected chi connectivity index (χ3v) is 3.06. The maximum atomic E-state index is 10.8. The molecule has 0 saturated carbocycles. The number of aromatic nitrogens is 1. The molecular formula is C14H18N2O2. The molecule has 96 valence electrons. The van der Waals surface area contributed by atoms with Gasteiger partial charge in [-0.25, -0.2) is 5.48 Å². The number of aromatic amines is 1. The number of unbranched alkanes of at least 4 members (excludes halogenated alkanes) is 2. The zero-order valence-electron chi connectivity index (χ0n) is 10.3. The van der Waals surface area contributed by atoms with Gasteiger partial charge in [-0.05, 0) is 36.8 Å². The molecule has 1 aromatic carbocycles. The normalized spacial score (nSPS) is 10.7. The summed E-state index contributed by atoms with van der Waals surface area (Å²) >= 11 is 0. The topological polar surface area (TPSA) is 65.1 Å².